The van der Waals surface area contributed by atoms with Crippen LogP contribution in [0.3, 0.4) is 0 Å². The smallest absolute Gasteiger partial charge is 0.253 e. The molecule has 1 aliphatic heterocycles. The third-order valence-corrected chi connectivity index (χ3v) is 5.92. The number of carbonyl (C=O) groups excluding carboxylic acids is 2. The highest BCUT2D eigenvalue weighted by molar-refractivity contribution is 8.00. The lowest BCUT2D eigenvalue weighted by Crippen LogP contribution is -2.29. The Morgan fingerprint density at radius 1 is 1.18 bits per heavy atom. The summed E-state index contributed by atoms with van der Waals surface area (Å²) >= 11 is 1.38. The second kappa shape index (κ2) is 9.10. The zero-order valence-electron chi connectivity index (χ0n) is 16.2. The first-order valence-electron chi connectivity index (χ1n) is 9.43. The minimum Gasteiger partial charge on any atom is -0.348 e. The third kappa shape index (κ3) is 4.84. The van der Waals surface area contributed by atoms with Crippen LogP contribution in [0.4, 0.5) is 0 Å². The van der Waals surface area contributed by atoms with E-state index in [0.717, 1.165) is 42.1 Å². The number of H-pyrrole nitrogens is 1. The van der Waals surface area contributed by atoms with Crippen molar-refractivity contribution in [1.29, 1.82) is 0 Å². The summed E-state index contributed by atoms with van der Waals surface area (Å²) in [5.41, 5.74) is 2.52. The maximum absolute atomic E-state index is 12.7. The molecule has 0 spiro atoms. The number of aromatic amines is 1. The fraction of sp³-hybridized carbons (Fsp3) is 0.381. The van der Waals surface area contributed by atoms with E-state index in [1.807, 2.05) is 36.9 Å². The summed E-state index contributed by atoms with van der Waals surface area (Å²) in [7, 11) is 0. The summed E-state index contributed by atoms with van der Waals surface area (Å²) in [5, 5.41) is 2.83. The van der Waals surface area contributed by atoms with Crippen LogP contribution in [0.5, 0.6) is 0 Å². The highest BCUT2D eigenvalue weighted by atomic mass is 32.2. The van der Waals surface area contributed by atoms with Crippen molar-refractivity contribution in [1.82, 2.24) is 15.2 Å². The Hall–Kier alpha value is -2.54. The number of likely N-dealkylation sites (tertiary alicyclic amines) is 1. The van der Waals surface area contributed by atoms with Gasteiger partial charge in [0.2, 0.25) is 5.91 Å². The van der Waals surface area contributed by atoms with Crippen molar-refractivity contribution in [3.63, 3.8) is 0 Å². The van der Waals surface area contributed by atoms with Gasteiger partial charge in [0.25, 0.3) is 11.5 Å². The van der Waals surface area contributed by atoms with Crippen LogP contribution in [0.25, 0.3) is 0 Å². The molecule has 6 nitrogen and oxygen atoms in total. The van der Waals surface area contributed by atoms with Crippen LogP contribution in [-0.4, -0.2) is 40.5 Å². The topological polar surface area (TPSA) is 82.3 Å². The Morgan fingerprint density at radius 2 is 1.89 bits per heavy atom. The maximum Gasteiger partial charge on any atom is 0.253 e. The van der Waals surface area contributed by atoms with Gasteiger partial charge in [-0.2, -0.15) is 0 Å². The van der Waals surface area contributed by atoms with Crippen molar-refractivity contribution < 1.29 is 9.59 Å². The summed E-state index contributed by atoms with van der Waals surface area (Å²) in [5.74, 6) is 0.178. The third-order valence-electron chi connectivity index (χ3n) is 4.86. The fourth-order valence-electron chi connectivity index (χ4n) is 3.34. The van der Waals surface area contributed by atoms with E-state index in [4.69, 9.17) is 0 Å². The number of nitrogens with zero attached hydrogens (tertiary/aromatic N) is 1. The van der Waals surface area contributed by atoms with E-state index in [9.17, 15) is 14.4 Å². The molecule has 2 amide bonds. The number of benzene rings is 1. The van der Waals surface area contributed by atoms with E-state index < -0.39 is 0 Å². The molecule has 2 N–H and O–H groups in total. The molecule has 1 fully saturated rings. The van der Waals surface area contributed by atoms with Gasteiger partial charge >= 0.3 is 0 Å². The molecule has 1 saturated heterocycles. The van der Waals surface area contributed by atoms with Crippen molar-refractivity contribution >= 4 is 23.6 Å². The lowest BCUT2D eigenvalue weighted by molar-refractivity contribution is -0.127. The van der Waals surface area contributed by atoms with Gasteiger partial charge in [-0.25, -0.2) is 0 Å². The molecule has 0 unspecified atom stereocenters. The lowest BCUT2D eigenvalue weighted by atomic mass is 10.1. The van der Waals surface area contributed by atoms with Crippen LogP contribution in [-0.2, 0) is 11.3 Å². The number of thioether (sulfide) groups is 1. The molecule has 0 radical (unpaired) electrons. The van der Waals surface area contributed by atoms with E-state index >= 15 is 0 Å². The number of aryl methyl sites for hydroxylation is 2. The number of rotatable bonds is 6. The molecule has 28 heavy (non-hydrogen) atoms. The van der Waals surface area contributed by atoms with Gasteiger partial charge in [-0.1, -0.05) is 12.1 Å². The second-order valence-corrected chi connectivity index (χ2v) is 8.02. The molecule has 148 valence electrons. The molecular formula is C21H25N3O3S. The predicted octanol–water partition coefficient (Wildman–Crippen LogP) is 2.64. The fourth-order valence-corrected chi connectivity index (χ4v) is 4.30. The van der Waals surface area contributed by atoms with E-state index in [1.54, 1.807) is 12.1 Å². The monoisotopic (exact) mass is 399 g/mol. The first-order valence-corrected chi connectivity index (χ1v) is 10.4. The zero-order valence-corrected chi connectivity index (χ0v) is 17.0. The van der Waals surface area contributed by atoms with Crippen molar-refractivity contribution in [2.75, 3.05) is 18.8 Å². The standard InChI is InChI=1S/C21H25N3O3S/c1-14-11-15(2)23-21(27)17(14)12-22-20(26)16-7-3-4-8-18(16)28-13-19(25)24-9-5-6-10-24/h3-4,7-8,11H,5-6,9-10,12-13H2,1-2H3,(H,22,26)(H,23,27). The molecule has 2 heterocycles. The number of pyridine rings is 1. The molecule has 7 heteroatoms. The molecule has 1 aromatic carbocycles. The van der Waals surface area contributed by atoms with Gasteiger partial charge in [0, 0.05) is 35.8 Å². The first kappa shape index (κ1) is 20.2. The van der Waals surface area contributed by atoms with Crippen molar-refractivity contribution in [3.8, 4) is 0 Å². The largest absolute Gasteiger partial charge is 0.348 e. The number of amides is 2. The van der Waals surface area contributed by atoms with Gasteiger partial charge in [0.15, 0.2) is 0 Å². The first-order chi connectivity index (χ1) is 13.5. The van der Waals surface area contributed by atoms with Crippen molar-refractivity contribution in [3.05, 3.63) is 63.1 Å². The molecule has 0 atom stereocenters. The van der Waals surface area contributed by atoms with Crippen LogP contribution in [0, 0.1) is 13.8 Å². The van der Waals surface area contributed by atoms with Crippen LogP contribution in [0.15, 0.2) is 40.0 Å². The SMILES string of the molecule is Cc1cc(C)c(CNC(=O)c2ccccc2SCC(=O)N2CCCC2)c(=O)[nH]1. The Kier molecular flexibility index (Phi) is 6.57. The van der Waals surface area contributed by atoms with E-state index in [2.05, 4.69) is 10.3 Å². The minimum atomic E-state index is -0.254. The van der Waals surface area contributed by atoms with Crippen LogP contribution in [0.2, 0.25) is 0 Å². The summed E-state index contributed by atoms with van der Waals surface area (Å²) in [6.07, 6.45) is 2.12. The maximum atomic E-state index is 12.7. The average molecular weight is 400 g/mol. The van der Waals surface area contributed by atoms with Gasteiger partial charge in [-0.15, -0.1) is 11.8 Å². The minimum absolute atomic E-state index is 0.111. The summed E-state index contributed by atoms with van der Waals surface area (Å²) in [4.78, 5) is 42.5. The van der Waals surface area contributed by atoms with Gasteiger partial charge in [-0.05, 0) is 50.5 Å². The molecule has 0 aliphatic carbocycles. The van der Waals surface area contributed by atoms with Gasteiger partial charge in [0.05, 0.1) is 11.3 Å². The Balaban J connectivity index is 1.65. The number of nitrogens with one attached hydrogen (secondary N) is 2. The van der Waals surface area contributed by atoms with Crippen LogP contribution >= 0.6 is 11.8 Å². The zero-order chi connectivity index (χ0) is 20.1. The van der Waals surface area contributed by atoms with Crippen molar-refractivity contribution in [2.45, 2.75) is 38.1 Å². The highest BCUT2D eigenvalue weighted by Gasteiger charge is 2.19. The van der Waals surface area contributed by atoms with E-state index in [-0.39, 0.29) is 23.9 Å². The van der Waals surface area contributed by atoms with E-state index in [1.165, 1.54) is 11.8 Å². The van der Waals surface area contributed by atoms with E-state index in [0.29, 0.717) is 16.9 Å². The number of aromatic nitrogens is 1. The Morgan fingerprint density at radius 3 is 2.61 bits per heavy atom. The molecule has 3 rings (SSSR count). The molecule has 2 aromatic rings. The molecule has 1 aromatic heterocycles. The lowest BCUT2D eigenvalue weighted by Gasteiger charge is -2.15. The predicted molar refractivity (Wildman–Crippen MR) is 111 cm³/mol. The average Bonchev–Trinajstić information content (AvgIpc) is 3.20. The number of hydrogen-bond acceptors (Lipinski definition) is 4. The quantitative estimate of drug-likeness (QED) is 0.732. The molecule has 0 saturated carbocycles. The highest BCUT2D eigenvalue weighted by Crippen LogP contribution is 2.24. The summed E-state index contributed by atoms with van der Waals surface area (Å²) < 4.78 is 0. The van der Waals surface area contributed by atoms with Gasteiger partial charge < -0.3 is 15.2 Å². The number of carbonyl (C=O) groups is 2. The molecule has 0 bridgehead atoms. The summed E-state index contributed by atoms with van der Waals surface area (Å²) in [6.45, 7) is 5.50. The Labute approximate surface area is 168 Å². The van der Waals surface area contributed by atoms with Crippen LogP contribution in [0.1, 0.15) is 40.0 Å². The normalized spacial score (nSPS) is 13.6. The molecule has 1 aliphatic rings. The second-order valence-electron chi connectivity index (χ2n) is 7.00. The van der Waals surface area contributed by atoms with Crippen LogP contribution < -0.4 is 10.9 Å². The van der Waals surface area contributed by atoms with Gasteiger partial charge in [0.1, 0.15) is 0 Å². The Bertz CT molecular complexity index is 933. The van der Waals surface area contributed by atoms with Gasteiger partial charge in [-0.3, -0.25) is 14.4 Å². The van der Waals surface area contributed by atoms with Crippen molar-refractivity contribution in [2.24, 2.45) is 0 Å². The number of hydrogen-bond donors (Lipinski definition) is 2. The summed E-state index contributed by atoms with van der Waals surface area (Å²) in [6, 6.07) is 9.13. The molecular weight excluding hydrogens is 374 g/mol.